The van der Waals surface area contributed by atoms with E-state index >= 15 is 0 Å². The van der Waals surface area contributed by atoms with Crippen LogP contribution in [0, 0.1) is 16.7 Å². The minimum absolute atomic E-state index is 0.154. The highest BCUT2D eigenvalue weighted by atomic mass is 16.1. The van der Waals surface area contributed by atoms with E-state index in [1.54, 1.807) is 0 Å². The van der Waals surface area contributed by atoms with Gasteiger partial charge in [-0.05, 0) is 19.4 Å². The summed E-state index contributed by atoms with van der Waals surface area (Å²) in [4.78, 5) is 24.6. The van der Waals surface area contributed by atoms with E-state index in [0.717, 1.165) is 19.3 Å². The van der Waals surface area contributed by atoms with Gasteiger partial charge in [0.15, 0.2) is 0 Å². The number of ketones is 2. The molecule has 1 atom stereocenters. The lowest BCUT2D eigenvalue weighted by Gasteiger charge is -2.26. The lowest BCUT2D eigenvalue weighted by atomic mass is 9.76. The average molecular weight is 269 g/mol. The number of carbonyl (C=O) groups excluding carboxylic acids is 2. The Morgan fingerprint density at radius 2 is 1.47 bits per heavy atom. The second-order valence-electron chi connectivity index (χ2n) is 7.47. The number of hydrogen-bond acceptors (Lipinski definition) is 3. The predicted molar refractivity (Wildman–Crippen MR) is 79.9 cm³/mol. The maximum Gasteiger partial charge on any atom is 0.141 e. The summed E-state index contributed by atoms with van der Waals surface area (Å²) in [5, 5.41) is 0. The van der Waals surface area contributed by atoms with Crippen LogP contribution in [0.2, 0.25) is 0 Å². The van der Waals surface area contributed by atoms with Crippen LogP contribution in [0.5, 0.6) is 0 Å². The van der Waals surface area contributed by atoms with Crippen LogP contribution >= 0.6 is 0 Å². The molecule has 112 valence electrons. The molecule has 0 aromatic heterocycles. The van der Waals surface area contributed by atoms with Crippen LogP contribution in [0.3, 0.4) is 0 Å². The van der Waals surface area contributed by atoms with E-state index in [1.165, 1.54) is 0 Å². The lowest BCUT2D eigenvalue weighted by molar-refractivity contribution is -0.136. The van der Waals surface area contributed by atoms with Crippen LogP contribution < -0.4 is 5.73 Å². The third kappa shape index (κ3) is 6.86. The van der Waals surface area contributed by atoms with Gasteiger partial charge in [0.1, 0.15) is 11.6 Å². The zero-order valence-corrected chi connectivity index (χ0v) is 13.5. The van der Waals surface area contributed by atoms with Crippen LogP contribution in [0.25, 0.3) is 0 Å². The predicted octanol–water partition coefficient (Wildman–Crippen LogP) is 3.35. The first kappa shape index (κ1) is 18.3. The van der Waals surface area contributed by atoms with Crippen molar-refractivity contribution in [1.82, 2.24) is 0 Å². The number of Topliss-reactive ketones (excluding diaryl/α,β-unsaturated/α-hetero) is 2. The zero-order valence-electron chi connectivity index (χ0n) is 13.5. The monoisotopic (exact) mass is 269 g/mol. The standard InChI is InChI=1S/C16H31NO2/c1-15(2,3)13(18)11-12(9-7-8-10-17)14(19)16(4,5)6/h12H,7-11,17H2,1-6H3. The molecule has 0 aliphatic carbocycles. The molecule has 3 heteroatoms. The first-order chi connectivity index (χ1) is 8.50. The van der Waals surface area contributed by atoms with Crippen molar-refractivity contribution in [2.75, 3.05) is 6.54 Å². The minimum Gasteiger partial charge on any atom is -0.330 e. The molecular weight excluding hydrogens is 238 g/mol. The van der Waals surface area contributed by atoms with Crippen LogP contribution in [-0.2, 0) is 9.59 Å². The first-order valence-corrected chi connectivity index (χ1v) is 7.28. The molecule has 0 amide bonds. The molecule has 0 heterocycles. The summed E-state index contributed by atoms with van der Waals surface area (Å²) in [7, 11) is 0. The highest BCUT2D eigenvalue weighted by molar-refractivity contribution is 5.92. The van der Waals surface area contributed by atoms with E-state index in [1.807, 2.05) is 41.5 Å². The molecule has 0 aromatic carbocycles. The van der Waals surface area contributed by atoms with Crippen LogP contribution in [-0.4, -0.2) is 18.1 Å². The molecule has 0 aliphatic heterocycles. The van der Waals surface area contributed by atoms with Crippen molar-refractivity contribution in [3.63, 3.8) is 0 Å². The molecule has 0 saturated carbocycles. The Hall–Kier alpha value is -0.700. The Morgan fingerprint density at radius 3 is 1.84 bits per heavy atom. The topological polar surface area (TPSA) is 60.2 Å². The molecule has 1 unspecified atom stereocenters. The number of nitrogens with two attached hydrogens (primary N) is 1. The molecule has 0 bridgehead atoms. The maximum atomic E-state index is 12.4. The summed E-state index contributed by atoms with van der Waals surface area (Å²) in [6.45, 7) is 12.1. The Kier molecular flexibility index (Phi) is 6.92. The van der Waals surface area contributed by atoms with Gasteiger partial charge in [-0.25, -0.2) is 0 Å². The van der Waals surface area contributed by atoms with E-state index in [2.05, 4.69) is 0 Å². The van der Waals surface area contributed by atoms with Gasteiger partial charge in [-0.1, -0.05) is 48.0 Å². The molecule has 0 aromatic rings. The van der Waals surface area contributed by atoms with Crippen molar-refractivity contribution in [3.05, 3.63) is 0 Å². The quantitative estimate of drug-likeness (QED) is 0.721. The average Bonchev–Trinajstić information content (AvgIpc) is 2.24. The third-order valence-electron chi connectivity index (χ3n) is 3.39. The van der Waals surface area contributed by atoms with E-state index < -0.39 is 0 Å². The van der Waals surface area contributed by atoms with E-state index in [4.69, 9.17) is 5.73 Å². The summed E-state index contributed by atoms with van der Waals surface area (Å²) in [5.74, 6) is 0.211. The second kappa shape index (κ2) is 7.18. The Labute approximate surface area is 118 Å². The largest absolute Gasteiger partial charge is 0.330 e. The van der Waals surface area contributed by atoms with Crippen molar-refractivity contribution in [2.24, 2.45) is 22.5 Å². The van der Waals surface area contributed by atoms with Crippen molar-refractivity contribution >= 4 is 11.6 Å². The fourth-order valence-corrected chi connectivity index (χ4v) is 2.00. The molecule has 0 fully saturated rings. The number of carbonyl (C=O) groups is 2. The molecule has 19 heavy (non-hydrogen) atoms. The summed E-state index contributed by atoms with van der Waals surface area (Å²) < 4.78 is 0. The van der Waals surface area contributed by atoms with Crippen molar-refractivity contribution < 1.29 is 9.59 Å². The summed E-state index contributed by atoms with van der Waals surface area (Å²) >= 11 is 0. The third-order valence-corrected chi connectivity index (χ3v) is 3.39. The maximum absolute atomic E-state index is 12.4. The molecule has 0 saturated heterocycles. The van der Waals surface area contributed by atoms with Gasteiger partial charge < -0.3 is 5.73 Å². The first-order valence-electron chi connectivity index (χ1n) is 7.28. The van der Waals surface area contributed by atoms with Crippen molar-refractivity contribution in [2.45, 2.75) is 67.2 Å². The Morgan fingerprint density at radius 1 is 0.947 bits per heavy atom. The van der Waals surface area contributed by atoms with Crippen molar-refractivity contribution in [1.29, 1.82) is 0 Å². The van der Waals surface area contributed by atoms with Gasteiger partial charge in [0.25, 0.3) is 0 Å². The number of rotatable bonds is 7. The fraction of sp³-hybridized carbons (Fsp3) is 0.875. The highest BCUT2D eigenvalue weighted by Gasteiger charge is 2.33. The normalized spacial score (nSPS) is 14.3. The summed E-state index contributed by atoms with van der Waals surface area (Å²) in [6, 6.07) is 0. The molecule has 0 radical (unpaired) electrons. The molecule has 3 nitrogen and oxygen atoms in total. The molecule has 0 aliphatic rings. The Balaban J connectivity index is 4.78. The van der Waals surface area contributed by atoms with Crippen LogP contribution in [0.15, 0.2) is 0 Å². The summed E-state index contributed by atoms with van der Waals surface area (Å²) in [6.07, 6.45) is 2.97. The molecule has 2 N–H and O–H groups in total. The van der Waals surface area contributed by atoms with Crippen LogP contribution in [0.1, 0.15) is 67.2 Å². The van der Waals surface area contributed by atoms with Gasteiger partial charge in [-0.3, -0.25) is 9.59 Å². The van der Waals surface area contributed by atoms with Crippen LogP contribution in [0.4, 0.5) is 0 Å². The molecule has 0 rings (SSSR count). The van der Waals surface area contributed by atoms with E-state index in [9.17, 15) is 9.59 Å². The fourth-order valence-electron chi connectivity index (χ4n) is 2.00. The van der Waals surface area contributed by atoms with E-state index in [0.29, 0.717) is 13.0 Å². The molecular formula is C16H31NO2. The second-order valence-corrected chi connectivity index (χ2v) is 7.47. The number of unbranched alkanes of at least 4 members (excludes halogenated alkanes) is 1. The Bertz CT molecular complexity index is 308. The van der Waals surface area contributed by atoms with Gasteiger partial charge in [0.2, 0.25) is 0 Å². The van der Waals surface area contributed by atoms with E-state index in [-0.39, 0.29) is 28.3 Å². The lowest BCUT2D eigenvalue weighted by Crippen LogP contribution is -2.33. The smallest absolute Gasteiger partial charge is 0.141 e. The van der Waals surface area contributed by atoms with Gasteiger partial charge >= 0.3 is 0 Å². The van der Waals surface area contributed by atoms with Crippen molar-refractivity contribution in [3.8, 4) is 0 Å². The van der Waals surface area contributed by atoms with Gasteiger partial charge in [-0.15, -0.1) is 0 Å². The van der Waals surface area contributed by atoms with Gasteiger partial charge in [0.05, 0.1) is 0 Å². The van der Waals surface area contributed by atoms with Gasteiger partial charge in [-0.2, -0.15) is 0 Å². The van der Waals surface area contributed by atoms with Gasteiger partial charge in [0, 0.05) is 23.2 Å². The molecule has 0 spiro atoms. The highest BCUT2D eigenvalue weighted by Crippen LogP contribution is 2.29. The SMILES string of the molecule is CC(C)(C)C(=O)CC(CCCCN)C(=O)C(C)(C)C. The summed E-state index contributed by atoms with van der Waals surface area (Å²) in [5.41, 5.74) is 4.74. The zero-order chi connectivity index (χ0) is 15.3. The number of hydrogen-bond donors (Lipinski definition) is 1. The minimum atomic E-state index is -0.383.